The van der Waals surface area contributed by atoms with Crippen LogP contribution < -0.4 is 10.4 Å². The van der Waals surface area contributed by atoms with E-state index >= 15 is 0 Å². The smallest absolute Gasteiger partial charge is 0.277 e. The van der Waals surface area contributed by atoms with Gasteiger partial charge in [0.15, 0.2) is 0 Å². The van der Waals surface area contributed by atoms with Crippen molar-refractivity contribution < 1.29 is 19.2 Å². The van der Waals surface area contributed by atoms with Crippen molar-refractivity contribution in [3.05, 3.63) is 89.6 Å². The Labute approximate surface area is 205 Å². The summed E-state index contributed by atoms with van der Waals surface area (Å²) >= 11 is 0. The second-order valence-electron chi connectivity index (χ2n) is 8.35. The minimum absolute atomic E-state index is 0.125. The molecule has 0 aliphatic carbocycles. The number of rotatable bonds is 5. The van der Waals surface area contributed by atoms with Gasteiger partial charge in [-0.05, 0) is 29.8 Å². The third-order valence-electron chi connectivity index (χ3n) is 6.14. The molecule has 5 rings (SSSR count). The molecule has 2 aromatic carbocycles. The molecule has 0 atom stereocenters. The topological polar surface area (TPSA) is 114 Å². The van der Waals surface area contributed by atoms with Gasteiger partial charge in [-0.15, -0.1) is 0 Å². The lowest BCUT2D eigenvalue weighted by atomic mass is 10.00. The molecule has 9 nitrogen and oxygen atoms in total. The molecule has 3 heterocycles. The Morgan fingerprint density at radius 1 is 1.00 bits per heavy atom. The fourth-order valence-electron chi connectivity index (χ4n) is 4.22. The molecule has 182 valence electrons. The lowest BCUT2D eigenvalue weighted by Gasteiger charge is -2.35. The third kappa shape index (κ3) is 4.66. The summed E-state index contributed by atoms with van der Waals surface area (Å²) in [5.74, 6) is -0.708. The minimum Gasteiger partial charge on any atom is -0.361 e. The highest BCUT2D eigenvalue weighted by Gasteiger charge is 2.27. The molecule has 36 heavy (non-hydrogen) atoms. The van der Waals surface area contributed by atoms with Crippen molar-refractivity contribution in [1.82, 2.24) is 25.3 Å². The SMILES string of the molecule is O=C(NO)c1cnc(N2CCN(C(=O)C(=Cc3ccc(F)cc3)c3c[nH]c4ccccc34)CC2)nc1. The maximum atomic E-state index is 13.8. The lowest BCUT2D eigenvalue weighted by Crippen LogP contribution is -2.49. The molecule has 0 saturated carbocycles. The van der Waals surface area contributed by atoms with Gasteiger partial charge in [-0.3, -0.25) is 14.8 Å². The van der Waals surface area contributed by atoms with Crippen LogP contribution in [0.5, 0.6) is 0 Å². The van der Waals surface area contributed by atoms with Crippen LogP contribution in [-0.2, 0) is 4.79 Å². The molecule has 4 aromatic rings. The summed E-state index contributed by atoms with van der Waals surface area (Å²) < 4.78 is 13.5. The average Bonchev–Trinajstić information content (AvgIpc) is 3.36. The highest BCUT2D eigenvalue weighted by molar-refractivity contribution is 6.27. The van der Waals surface area contributed by atoms with Crippen LogP contribution in [0.25, 0.3) is 22.6 Å². The first-order valence-electron chi connectivity index (χ1n) is 11.4. The zero-order valence-electron chi connectivity index (χ0n) is 19.2. The van der Waals surface area contributed by atoms with Crippen LogP contribution in [0.4, 0.5) is 10.3 Å². The van der Waals surface area contributed by atoms with Crippen LogP contribution in [0.2, 0.25) is 0 Å². The number of para-hydroxylation sites is 1. The Morgan fingerprint density at radius 2 is 1.69 bits per heavy atom. The molecule has 1 aliphatic rings. The number of benzene rings is 2. The second kappa shape index (κ2) is 9.96. The predicted molar refractivity (Wildman–Crippen MR) is 133 cm³/mol. The number of piperazine rings is 1. The number of anilines is 1. The fourth-order valence-corrected chi connectivity index (χ4v) is 4.22. The summed E-state index contributed by atoms with van der Waals surface area (Å²) in [5, 5.41) is 9.67. The quantitative estimate of drug-likeness (QED) is 0.227. The first-order chi connectivity index (χ1) is 17.5. The largest absolute Gasteiger partial charge is 0.361 e. The van der Waals surface area contributed by atoms with E-state index in [2.05, 4.69) is 15.0 Å². The molecule has 2 aromatic heterocycles. The number of nitrogens with one attached hydrogen (secondary N) is 2. The highest BCUT2D eigenvalue weighted by atomic mass is 19.1. The Hall–Kier alpha value is -4.57. The van der Waals surface area contributed by atoms with Crippen molar-refractivity contribution in [2.24, 2.45) is 0 Å². The molecule has 0 radical (unpaired) electrons. The molecule has 2 amide bonds. The van der Waals surface area contributed by atoms with Crippen molar-refractivity contribution in [1.29, 1.82) is 0 Å². The van der Waals surface area contributed by atoms with Crippen LogP contribution in [0.3, 0.4) is 0 Å². The standard InChI is InChI=1S/C26H23FN6O3/c27-19-7-5-17(6-8-19)13-21(22-16-28-23-4-2-1-3-20(22)23)25(35)32-9-11-33(12-10-32)26-29-14-18(15-30-26)24(34)31-36/h1-8,13-16,28,36H,9-12H2,(H,31,34). The number of carbonyl (C=O) groups excluding carboxylic acids is 2. The molecule has 0 bridgehead atoms. The second-order valence-corrected chi connectivity index (χ2v) is 8.35. The van der Waals surface area contributed by atoms with Crippen molar-refractivity contribution >= 4 is 40.3 Å². The summed E-state index contributed by atoms with van der Waals surface area (Å²) in [7, 11) is 0. The monoisotopic (exact) mass is 486 g/mol. The number of halogens is 1. The zero-order chi connectivity index (χ0) is 25.1. The number of aromatic nitrogens is 3. The molecule has 0 unspecified atom stereocenters. The molecule has 1 aliphatic heterocycles. The van der Waals surface area contributed by atoms with Gasteiger partial charge in [-0.2, -0.15) is 0 Å². The van der Waals surface area contributed by atoms with E-state index in [1.54, 1.807) is 28.6 Å². The molecule has 3 N–H and O–H groups in total. The zero-order valence-corrected chi connectivity index (χ0v) is 19.2. The van der Waals surface area contributed by atoms with Crippen LogP contribution in [0.15, 0.2) is 67.1 Å². The Kier molecular flexibility index (Phi) is 6.42. The number of aromatic amines is 1. The number of nitrogens with zero attached hydrogens (tertiary/aromatic N) is 4. The number of amides is 2. The Morgan fingerprint density at radius 3 is 2.39 bits per heavy atom. The Bertz CT molecular complexity index is 1420. The van der Waals surface area contributed by atoms with Crippen molar-refractivity contribution in [2.45, 2.75) is 0 Å². The number of hydrogen-bond donors (Lipinski definition) is 3. The highest BCUT2D eigenvalue weighted by Crippen LogP contribution is 2.29. The van der Waals surface area contributed by atoms with Gasteiger partial charge in [0.1, 0.15) is 5.82 Å². The van der Waals surface area contributed by atoms with E-state index in [0.29, 0.717) is 37.7 Å². The van der Waals surface area contributed by atoms with Gasteiger partial charge >= 0.3 is 0 Å². The lowest BCUT2D eigenvalue weighted by molar-refractivity contribution is -0.125. The van der Waals surface area contributed by atoms with E-state index in [9.17, 15) is 14.0 Å². The fraction of sp³-hybridized carbons (Fsp3) is 0.154. The van der Waals surface area contributed by atoms with Crippen molar-refractivity contribution in [2.75, 3.05) is 31.1 Å². The molecule has 1 saturated heterocycles. The van der Waals surface area contributed by atoms with Crippen molar-refractivity contribution in [3.63, 3.8) is 0 Å². The summed E-state index contributed by atoms with van der Waals surface area (Å²) in [6, 6.07) is 13.8. The third-order valence-corrected chi connectivity index (χ3v) is 6.14. The average molecular weight is 487 g/mol. The van der Waals surface area contributed by atoms with Crippen LogP contribution in [-0.4, -0.2) is 63.1 Å². The molecule has 10 heteroatoms. The van der Waals surface area contributed by atoms with E-state index in [0.717, 1.165) is 22.0 Å². The first kappa shape index (κ1) is 23.2. The predicted octanol–water partition coefficient (Wildman–Crippen LogP) is 3.11. The summed E-state index contributed by atoms with van der Waals surface area (Å²) in [5.41, 5.74) is 4.64. The van der Waals surface area contributed by atoms with Crippen LogP contribution in [0, 0.1) is 5.82 Å². The Balaban J connectivity index is 1.38. The van der Waals surface area contributed by atoms with Gasteiger partial charge < -0.3 is 14.8 Å². The van der Waals surface area contributed by atoms with E-state index in [-0.39, 0.29) is 17.3 Å². The summed E-state index contributed by atoms with van der Waals surface area (Å²) in [6.07, 6.45) is 6.29. The van der Waals surface area contributed by atoms with Crippen molar-refractivity contribution in [3.8, 4) is 0 Å². The van der Waals surface area contributed by atoms with Crippen LogP contribution >= 0.6 is 0 Å². The maximum absolute atomic E-state index is 13.8. The number of hydroxylamine groups is 1. The van der Waals surface area contributed by atoms with Gasteiger partial charge in [0.25, 0.3) is 11.8 Å². The normalized spacial score (nSPS) is 14.2. The van der Waals surface area contributed by atoms with Gasteiger partial charge in [-0.25, -0.2) is 19.8 Å². The van der Waals surface area contributed by atoms with E-state index in [4.69, 9.17) is 5.21 Å². The van der Waals surface area contributed by atoms with E-state index < -0.39 is 5.91 Å². The maximum Gasteiger partial charge on any atom is 0.277 e. The van der Waals surface area contributed by atoms with Gasteiger partial charge in [0, 0.05) is 66.8 Å². The summed E-state index contributed by atoms with van der Waals surface area (Å²) in [4.78, 5) is 40.6. The molecule has 0 spiro atoms. The summed E-state index contributed by atoms with van der Waals surface area (Å²) in [6.45, 7) is 1.92. The number of fused-ring (bicyclic) bond motifs is 1. The number of H-pyrrole nitrogens is 1. The molecule has 1 fully saturated rings. The first-order valence-corrected chi connectivity index (χ1v) is 11.4. The number of carbonyl (C=O) groups is 2. The minimum atomic E-state index is -0.685. The van der Waals surface area contributed by atoms with Gasteiger partial charge in [-0.1, -0.05) is 30.3 Å². The molecular weight excluding hydrogens is 463 g/mol. The van der Waals surface area contributed by atoms with Gasteiger partial charge in [0.2, 0.25) is 5.95 Å². The molecular formula is C26H23FN6O3. The van der Waals surface area contributed by atoms with E-state index in [1.165, 1.54) is 24.5 Å². The van der Waals surface area contributed by atoms with Gasteiger partial charge in [0.05, 0.1) is 5.56 Å². The van der Waals surface area contributed by atoms with E-state index in [1.807, 2.05) is 35.4 Å². The van der Waals surface area contributed by atoms with Crippen LogP contribution in [0.1, 0.15) is 21.5 Å². The number of hydrogen-bond acceptors (Lipinski definition) is 6.